The van der Waals surface area contributed by atoms with E-state index in [1.54, 1.807) is 18.2 Å². The molecule has 7 heteroatoms. The van der Waals surface area contributed by atoms with Crippen molar-refractivity contribution in [2.24, 2.45) is 5.84 Å². The number of aliphatic hydroxyl groups excluding tert-OH is 1. The highest BCUT2D eigenvalue weighted by Gasteiger charge is 2.25. The highest BCUT2D eigenvalue weighted by atomic mass is 32.2. The molecule has 0 fully saturated rings. The minimum absolute atomic E-state index is 0.0846. The summed E-state index contributed by atoms with van der Waals surface area (Å²) in [6.07, 6.45) is 1.63. The molecule has 0 radical (unpaired) electrons. The van der Waals surface area contributed by atoms with E-state index in [-0.39, 0.29) is 18.0 Å². The van der Waals surface area contributed by atoms with Crippen LogP contribution in [0.1, 0.15) is 19.8 Å². The Balaban J connectivity index is 3.11. The first kappa shape index (κ1) is 15.9. The predicted octanol–water partition coefficient (Wildman–Crippen LogP) is 0.755. The third-order valence-corrected chi connectivity index (χ3v) is 4.73. The number of para-hydroxylation sites is 1. The van der Waals surface area contributed by atoms with Gasteiger partial charge in [-0.1, -0.05) is 25.5 Å². The van der Waals surface area contributed by atoms with Gasteiger partial charge < -0.3 is 10.5 Å². The fourth-order valence-corrected chi connectivity index (χ4v) is 3.37. The molecule has 0 atom stereocenters. The second-order valence-corrected chi connectivity index (χ2v) is 6.03. The number of nitrogens with one attached hydrogen (secondary N) is 1. The van der Waals surface area contributed by atoms with E-state index in [2.05, 4.69) is 5.43 Å². The van der Waals surface area contributed by atoms with Crippen LogP contribution in [0.15, 0.2) is 29.2 Å². The van der Waals surface area contributed by atoms with Crippen LogP contribution in [0.2, 0.25) is 0 Å². The molecule has 0 aliphatic rings. The van der Waals surface area contributed by atoms with Crippen LogP contribution >= 0.6 is 0 Å². The van der Waals surface area contributed by atoms with Crippen molar-refractivity contribution in [3.8, 4) is 0 Å². The normalized spacial score (nSPS) is 11.8. The number of nitrogens with zero attached hydrogens (tertiary/aromatic N) is 1. The Kier molecular flexibility index (Phi) is 6.23. The van der Waals surface area contributed by atoms with Gasteiger partial charge in [-0.05, 0) is 18.6 Å². The molecule has 108 valence electrons. The Morgan fingerprint density at radius 2 is 2.00 bits per heavy atom. The summed E-state index contributed by atoms with van der Waals surface area (Å²) in [4.78, 5) is 0.127. The van der Waals surface area contributed by atoms with Crippen molar-refractivity contribution < 1.29 is 13.5 Å². The summed E-state index contributed by atoms with van der Waals surface area (Å²) in [5.74, 6) is 5.34. The molecule has 1 aromatic carbocycles. The first-order chi connectivity index (χ1) is 9.07. The Hall–Kier alpha value is -1.15. The fraction of sp³-hybridized carbons (Fsp3) is 0.500. The van der Waals surface area contributed by atoms with Crippen LogP contribution in [0.4, 0.5) is 5.69 Å². The summed E-state index contributed by atoms with van der Waals surface area (Å²) < 4.78 is 26.3. The lowest BCUT2D eigenvalue weighted by molar-refractivity contribution is 0.252. The molecule has 0 heterocycles. The molecule has 0 aromatic heterocycles. The summed E-state index contributed by atoms with van der Waals surface area (Å²) in [7, 11) is -3.65. The Morgan fingerprint density at radius 3 is 2.58 bits per heavy atom. The number of hydrogen-bond donors (Lipinski definition) is 3. The molecule has 0 amide bonds. The molecule has 1 rings (SSSR count). The van der Waals surface area contributed by atoms with Crippen LogP contribution in [0.3, 0.4) is 0 Å². The zero-order valence-electron chi connectivity index (χ0n) is 11.0. The van der Waals surface area contributed by atoms with Gasteiger partial charge in [0.2, 0.25) is 10.0 Å². The van der Waals surface area contributed by atoms with Gasteiger partial charge in [0, 0.05) is 13.1 Å². The number of aliphatic hydroxyl groups is 1. The number of rotatable bonds is 8. The van der Waals surface area contributed by atoms with E-state index in [1.807, 2.05) is 6.92 Å². The molecular weight excluding hydrogens is 266 g/mol. The third kappa shape index (κ3) is 3.90. The lowest BCUT2D eigenvalue weighted by Crippen LogP contribution is -2.35. The number of hydrazine groups is 1. The van der Waals surface area contributed by atoms with Gasteiger partial charge in [0.15, 0.2) is 0 Å². The first-order valence-corrected chi connectivity index (χ1v) is 7.68. The zero-order chi connectivity index (χ0) is 14.3. The van der Waals surface area contributed by atoms with E-state index in [0.717, 1.165) is 12.8 Å². The summed E-state index contributed by atoms with van der Waals surface area (Å²) in [6, 6.07) is 6.45. The van der Waals surface area contributed by atoms with Crippen LogP contribution < -0.4 is 11.3 Å². The van der Waals surface area contributed by atoms with E-state index in [4.69, 9.17) is 10.9 Å². The Morgan fingerprint density at radius 1 is 1.32 bits per heavy atom. The molecule has 1 aromatic rings. The van der Waals surface area contributed by atoms with Crippen LogP contribution in [-0.4, -0.2) is 37.5 Å². The maximum atomic E-state index is 12.5. The van der Waals surface area contributed by atoms with Crippen molar-refractivity contribution in [1.29, 1.82) is 0 Å². The minimum Gasteiger partial charge on any atom is -0.395 e. The van der Waals surface area contributed by atoms with E-state index in [0.29, 0.717) is 12.2 Å². The number of benzene rings is 1. The number of sulfonamides is 1. The molecule has 0 spiro atoms. The average Bonchev–Trinajstić information content (AvgIpc) is 2.43. The van der Waals surface area contributed by atoms with Crippen molar-refractivity contribution in [3.63, 3.8) is 0 Å². The summed E-state index contributed by atoms with van der Waals surface area (Å²) in [5, 5.41) is 9.03. The van der Waals surface area contributed by atoms with Gasteiger partial charge in [-0.25, -0.2) is 8.42 Å². The monoisotopic (exact) mass is 287 g/mol. The van der Waals surface area contributed by atoms with Gasteiger partial charge in [-0.3, -0.25) is 5.84 Å². The van der Waals surface area contributed by atoms with E-state index < -0.39 is 10.0 Å². The minimum atomic E-state index is -3.65. The molecule has 19 heavy (non-hydrogen) atoms. The van der Waals surface area contributed by atoms with Crippen molar-refractivity contribution in [1.82, 2.24) is 4.31 Å². The highest BCUT2D eigenvalue weighted by Crippen LogP contribution is 2.23. The molecule has 4 N–H and O–H groups in total. The standard InChI is InChI=1S/C12H21N3O3S/c1-2-3-8-15(9-10-16)19(17,18)12-7-5-4-6-11(12)14-13/h4-7,14,16H,2-3,8-10,13H2,1H3. The second-order valence-electron chi connectivity index (χ2n) is 4.12. The van der Waals surface area contributed by atoms with Gasteiger partial charge >= 0.3 is 0 Å². The Bertz CT molecular complexity index is 491. The zero-order valence-corrected chi connectivity index (χ0v) is 11.9. The fourth-order valence-electron chi connectivity index (χ4n) is 1.75. The Labute approximate surface area is 114 Å². The predicted molar refractivity (Wildman–Crippen MR) is 75.0 cm³/mol. The molecule has 0 bridgehead atoms. The van der Waals surface area contributed by atoms with E-state index in [9.17, 15) is 8.42 Å². The maximum Gasteiger partial charge on any atom is 0.245 e. The van der Waals surface area contributed by atoms with Crippen molar-refractivity contribution in [2.75, 3.05) is 25.1 Å². The van der Waals surface area contributed by atoms with Crippen molar-refractivity contribution >= 4 is 15.7 Å². The van der Waals surface area contributed by atoms with Gasteiger partial charge in [0.05, 0.1) is 12.3 Å². The van der Waals surface area contributed by atoms with E-state index >= 15 is 0 Å². The van der Waals surface area contributed by atoms with Crippen LogP contribution in [0.5, 0.6) is 0 Å². The molecule has 0 saturated heterocycles. The van der Waals surface area contributed by atoms with Gasteiger partial charge in [-0.2, -0.15) is 4.31 Å². The smallest absolute Gasteiger partial charge is 0.245 e. The first-order valence-electron chi connectivity index (χ1n) is 6.24. The lowest BCUT2D eigenvalue weighted by Gasteiger charge is -2.22. The number of nitrogen functional groups attached to an aromatic ring is 1. The maximum absolute atomic E-state index is 12.5. The van der Waals surface area contributed by atoms with Crippen molar-refractivity contribution in [2.45, 2.75) is 24.7 Å². The summed E-state index contributed by atoms with van der Waals surface area (Å²) >= 11 is 0. The van der Waals surface area contributed by atoms with Crippen molar-refractivity contribution in [3.05, 3.63) is 24.3 Å². The van der Waals surface area contributed by atoms with Crippen LogP contribution in [0.25, 0.3) is 0 Å². The molecule has 0 aliphatic heterocycles. The quantitative estimate of drug-likeness (QED) is 0.484. The van der Waals surface area contributed by atoms with E-state index in [1.165, 1.54) is 10.4 Å². The molecule has 6 nitrogen and oxygen atoms in total. The van der Waals surface area contributed by atoms with Gasteiger partial charge in [-0.15, -0.1) is 0 Å². The molecule has 0 saturated carbocycles. The third-order valence-electron chi connectivity index (χ3n) is 2.77. The number of anilines is 1. The van der Waals surface area contributed by atoms with Gasteiger partial charge in [0.1, 0.15) is 4.90 Å². The SMILES string of the molecule is CCCCN(CCO)S(=O)(=O)c1ccccc1NN. The summed E-state index contributed by atoms with van der Waals surface area (Å²) in [5.41, 5.74) is 2.74. The second kappa shape index (κ2) is 7.44. The topological polar surface area (TPSA) is 95.7 Å². The lowest BCUT2D eigenvalue weighted by atomic mass is 10.3. The van der Waals surface area contributed by atoms with Crippen LogP contribution in [0, 0.1) is 0 Å². The molecule has 0 unspecified atom stereocenters. The highest BCUT2D eigenvalue weighted by molar-refractivity contribution is 7.89. The molecule has 0 aliphatic carbocycles. The molecular formula is C12H21N3O3S. The number of nitrogens with two attached hydrogens (primary N) is 1. The number of hydrogen-bond acceptors (Lipinski definition) is 5. The summed E-state index contributed by atoms with van der Waals surface area (Å²) in [6.45, 7) is 2.25. The van der Waals surface area contributed by atoms with Gasteiger partial charge in [0.25, 0.3) is 0 Å². The van der Waals surface area contributed by atoms with Crippen LogP contribution in [-0.2, 0) is 10.0 Å². The largest absolute Gasteiger partial charge is 0.395 e. The average molecular weight is 287 g/mol. The number of unbranched alkanes of at least 4 members (excludes halogenated alkanes) is 1.